The van der Waals surface area contributed by atoms with E-state index in [1.165, 1.54) is 12.1 Å². The first kappa shape index (κ1) is 16.3. The van der Waals surface area contributed by atoms with Crippen LogP contribution in [0.5, 0.6) is 5.75 Å². The van der Waals surface area contributed by atoms with Crippen molar-refractivity contribution in [2.45, 2.75) is 30.9 Å². The maximum Gasteiger partial charge on any atom is 0.317 e. The molecule has 0 bridgehead atoms. The molecule has 1 N–H and O–H groups in total. The van der Waals surface area contributed by atoms with Gasteiger partial charge in [-0.05, 0) is 18.9 Å². The van der Waals surface area contributed by atoms with E-state index < -0.39 is 16.1 Å². The van der Waals surface area contributed by atoms with E-state index in [1.54, 1.807) is 26.8 Å². The third-order valence-corrected chi connectivity index (χ3v) is 4.01. The minimum Gasteiger partial charge on any atom is -0.494 e. The Kier molecular flexibility index (Phi) is 5.82. The van der Waals surface area contributed by atoms with Crippen molar-refractivity contribution >= 4 is 23.4 Å². The molecule has 0 aromatic heterocycles. The number of nitrogens with zero attached hydrogens (tertiary/aromatic N) is 1. The van der Waals surface area contributed by atoms with Gasteiger partial charge in [0.2, 0.25) is 0 Å². The van der Waals surface area contributed by atoms with Crippen molar-refractivity contribution in [3.05, 3.63) is 28.3 Å². The zero-order valence-electron chi connectivity index (χ0n) is 11.5. The van der Waals surface area contributed by atoms with Gasteiger partial charge < -0.3 is 9.84 Å². The van der Waals surface area contributed by atoms with Crippen molar-refractivity contribution in [2.24, 2.45) is 5.92 Å². The molecule has 0 saturated heterocycles. The average Bonchev–Trinajstić information content (AvgIpc) is 2.35. The predicted octanol–water partition coefficient (Wildman–Crippen LogP) is 3.19. The fourth-order valence-corrected chi connectivity index (χ4v) is 2.64. The molecule has 1 aromatic carbocycles. The molecule has 1 unspecified atom stereocenters. The summed E-state index contributed by atoms with van der Waals surface area (Å²) in [6.07, 6.45) is 0. The van der Waals surface area contributed by atoms with Crippen molar-refractivity contribution in [1.29, 1.82) is 0 Å². The Bertz CT molecular complexity index is 504. The molecule has 110 valence electrons. The Morgan fingerprint density at radius 1 is 1.45 bits per heavy atom. The Labute approximate surface area is 121 Å². The normalized spacial score (nSPS) is 12.2. The quantitative estimate of drug-likeness (QED) is 0.472. The van der Waals surface area contributed by atoms with E-state index in [1.807, 2.05) is 0 Å². The Morgan fingerprint density at radius 3 is 2.55 bits per heavy atom. The molecule has 1 atom stereocenters. The number of benzene rings is 1. The van der Waals surface area contributed by atoms with Gasteiger partial charge in [-0.1, -0.05) is 13.8 Å². The van der Waals surface area contributed by atoms with Crippen molar-refractivity contribution in [3.8, 4) is 5.75 Å². The number of aliphatic carboxylic acids is 1. The van der Waals surface area contributed by atoms with Crippen LogP contribution in [0.25, 0.3) is 0 Å². The Morgan fingerprint density at radius 2 is 2.10 bits per heavy atom. The van der Waals surface area contributed by atoms with Crippen LogP contribution in [-0.2, 0) is 4.79 Å². The number of thioether (sulfide) groups is 1. The first-order valence-electron chi connectivity index (χ1n) is 6.16. The maximum absolute atomic E-state index is 11.2. The maximum atomic E-state index is 11.2. The van der Waals surface area contributed by atoms with Crippen LogP contribution in [0.3, 0.4) is 0 Å². The van der Waals surface area contributed by atoms with Gasteiger partial charge in [0.05, 0.1) is 17.6 Å². The van der Waals surface area contributed by atoms with Gasteiger partial charge in [0.15, 0.2) is 0 Å². The number of carboxylic acid groups (broad SMARTS) is 1. The van der Waals surface area contributed by atoms with E-state index in [4.69, 9.17) is 4.74 Å². The highest BCUT2D eigenvalue weighted by Crippen LogP contribution is 2.34. The van der Waals surface area contributed by atoms with Crippen LogP contribution in [0.15, 0.2) is 23.1 Å². The molecular weight excluding hydrogens is 282 g/mol. The molecule has 0 radical (unpaired) electrons. The second kappa shape index (κ2) is 7.14. The van der Waals surface area contributed by atoms with Gasteiger partial charge in [-0.2, -0.15) is 0 Å². The Hall–Kier alpha value is -1.76. The number of hydrogen-bond donors (Lipinski definition) is 1. The summed E-state index contributed by atoms with van der Waals surface area (Å²) < 4.78 is 5.27. The second-order valence-corrected chi connectivity index (χ2v) is 5.69. The molecule has 0 aliphatic rings. The number of ether oxygens (including phenoxy) is 1. The van der Waals surface area contributed by atoms with Gasteiger partial charge in [0.25, 0.3) is 5.69 Å². The number of nitro groups is 1. The summed E-state index contributed by atoms with van der Waals surface area (Å²) in [6, 6.07) is 4.32. The first-order chi connectivity index (χ1) is 9.35. The minimum atomic E-state index is -0.936. The third-order valence-electron chi connectivity index (χ3n) is 2.50. The van der Waals surface area contributed by atoms with Crippen molar-refractivity contribution in [1.82, 2.24) is 0 Å². The fourth-order valence-electron chi connectivity index (χ4n) is 1.60. The number of non-ortho nitro benzene ring substituents is 1. The molecule has 0 spiro atoms. The number of nitro benzene ring substituents is 1. The molecule has 0 aliphatic heterocycles. The third kappa shape index (κ3) is 4.41. The van der Waals surface area contributed by atoms with Crippen molar-refractivity contribution < 1.29 is 19.6 Å². The minimum absolute atomic E-state index is 0.0905. The molecular formula is C13H17NO5S. The lowest BCUT2D eigenvalue weighted by molar-refractivity contribution is -0.385. The van der Waals surface area contributed by atoms with Crippen LogP contribution in [-0.4, -0.2) is 27.9 Å². The molecule has 0 fully saturated rings. The van der Waals surface area contributed by atoms with Gasteiger partial charge in [0, 0.05) is 11.0 Å². The molecule has 0 saturated carbocycles. The summed E-state index contributed by atoms with van der Waals surface area (Å²) in [4.78, 5) is 22.1. The lowest BCUT2D eigenvalue weighted by Crippen LogP contribution is -2.22. The molecule has 7 heteroatoms. The fraction of sp³-hybridized carbons (Fsp3) is 0.462. The zero-order valence-corrected chi connectivity index (χ0v) is 12.3. The van der Waals surface area contributed by atoms with Gasteiger partial charge in [-0.3, -0.25) is 14.9 Å². The highest BCUT2D eigenvalue weighted by atomic mass is 32.2. The van der Waals surface area contributed by atoms with E-state index in [0.717, 1.165) is 11.8 Å². The van der Waals surface area contributed by atoms with Crippen LogP contribution in [0.4, 0.5) is 5.69 Å². The molecule has 20 heavy (non-hydrogen) atoms. The van der Waals surface area contributed by atoms with Gasteiger partial charge in [-0.15, -0.1) is 11.8 Å². The van der Waals surface area contributed by atoms with Crippen molar-refractivity contribution in [3.63, 3.8) is 0 Å². The van der Waals surface area contributed by atoms with Crippen LogP contribution in [0, 0.1) is 16.0 Å². The van der Waals surface area contributed by atoms with Gasteiger partial charge >= 0.3 is 5.97 Å². The number of hydrogen-bond acceptors (Lipinski definition) is 5. The van der Waals surface area contributed by atoms with E-state index in [0.29, 0.717) is 17.3 Å². The molecule has 0 amide bonds. The van der Waals surface area contributed by atoms with E-state index in [2.05, 4.69) is 0 Å². The summed E-state index contributed by atoms with van der Waals surface area (Å²) in [5.74, 6) is -0.654. The zero-order chi connectivity index (χ0) is 15.3. The number of carboxylic acids is 1. The monoisotopic (exact) mass is 299 g/mol. The summed E-state index contributed by atoms with van der Waals surface area (Å²) in [5.41, 5.74) is -0.105. The van der Waals surface area contributed by atoms with E-state index in [9.17, 15) is 20.0 Å². The lowest BCUT2D eigenvalue weighted by Gasteiger charge is -2.16. The molecule has 1 rings (SSSR count). The molecule has 0 heterocycles. The SMILES string of the molecule is CCOc1cc(SC(C(=O)O)C(C)C)cc([N+](=O)[O-])c1. The molecule has 1 aromatic rings. The highest BCUT2D eigenvalue weighted by molar-refractivity contribution is 8.00. The highest BCUT2D eigenvalue weighted by Gasteiger charge is 2.24. The largest absolute Gasteiger partial charge is 0.494 e. The number of rotatable bonds is 7. The van der Waals surface area contributed by atoms with Crippen LogP contribution < -0.4 is 4.74 Å². The number of carbonyl (C=O) groups is 1. The standard InChI is InChI=1S/C13H17NO5S/c1-4-19-10-5-9(14(17)18)6-11(7-10)20-12(8(2)3)13(15)16/h5-8,12H,4H2,1-3H3,(H,15,16). The van der Waals surface area contributed by atoms with Crippen LogP contribution >= 0.6 is 11.8 Å². The summed E-state index contributed by atoms with van der Waals surface area (Å²) >= 11 is 1.09. The first-order valence-corrected chi connectivity index (χ1v) is 7.04. The van der Waals surface area contributed by atoms with Crippen LogP contribution in [0.1, 0.15) is 20.8 Å². The Balaban J connectivity index is 3.09. The topological polar surface area (TPSA) is 89.7 Å². The van der Waals surface area contributed by atoms with E-state index in [-0.39, 0.29) is 11.6 Å². The second-order valence-electron chi connectivity index (χ2n) is 4.47. The summed E-state index contributed by atoms with van der Waals surface area (Å²) in [6.45, 7) is 5.76. The smallest absolute Gasteiger partial charge is 0.317 e. The van der Waals surface area contributed by atoms with Gasteiger partial charge in [0.1, 0.15) is 11.0 Å². The summed E-state index contributed by atoms with van der Waals surface area (Å²) in [7, 11) is 0. The van der Waals surface area contributed by atoms with Crippen molar-refractivity contribution in [2.75, 3.05) is 6.61 Å². The van der Waals surface area contributed by atoms with Crippen LogP contribution in [0.2, 0.25) is 0 Å². The lowest BCUT2D eigenvalue weighted by atomic mass is 10.1. The molecule has 0 aliphatic carbocycles. The van der Waals surface area contributed by atoms with E-state index >= 15 is 0 Å². The van der Waals surface area contributed by atoms with Gasteiger partial charge in [-0.25, -0.2) is 0 Å². The molecule has 6 nitrogen and oxygen atoms in total. The summed E-state index contributed by atoms with van der Waals surface area (Å²) in [5, 5.41) is 19.4. The predicted molar refractivity (Wildman–Crippen MR) is 76.4 cm³/mol. The average molecular weight is 299 g/mol.